The first-order valence-corrected chi connectivity index (χ1v) is 3.39. The van der Waals surface area contributed by atoms with Gasteiger partial charge in [-0.3, -0.25) is 4.79 Å². The van der Waals surface area contributed by atoms with Crippen LogP contribution in [0.1, 0.15) is 10.4 Å². The number of benzene rings is 1. The monoisotopic (exact) mass is 182 g/mol. The van der Waals surface area contributed by atoms with Gasteiger partial charge >= 0.3 is 0 Å². The van der Waals surface area contributed by atoms with Gasteiger partial charge in [0, 0.05) is 5.56 Å². The minimum Gasteiger partial charge on any atom is -0.504 e. The van der Waals surface area contributed by atoms with Crippen LogP contribution in [-0.4, -0.2) is 25.3 Å². The van der Waals surface area contributed by atoms with E-state index in [1.807, 2.05) is 6.79 Å². The summed E-state index contributed by atoms with van der Waals surface area (Å²) < 4.78 is 4.78. The van der Waals surface area contributed by atoms with Crippen molar-refractivity contribution in [1.82, 2.24) is 0 Å². The summed E-state index contributed by atoms with van der Waals surface area (Å²) in [4.78, 5) is 18.2. The smallest absolute Gasteiger partial charge is 0.161 e. The lowest BCUT2D eigenvalue weighted by Gasteiger charge is -2.01. The maximum atomic E-state index is 10.2. The lowest BCUT2D eigenvalue weighted by atomic mass is 10.2. The van der Waals surface area contributed by atoms with Crippen molar-refractivity contribution in [3.63, 3.8) is 0 Å². The Kier molecular flexibility index (Phi) is 4.95. The van der Waals surface area contributed by atoms with Crippen LogP contribution in [0.15, 0.2) is 18.2 Å². The number of methoxy groups -OCH3 is 1. The molecule has 0 aliphatic rings. The molecule has 0 heterocycles. The second kappa shape index (κ2) is 5.77. The third kappa shape index (κ3) is 2.94. The second-order valence-corrected chi connectivity index (χ2v) is 2.05. The van der Waals surface area contributed by atoms with E-state index in [0.717, 1.165) is 0 Å². The Labute approximate surface area is 75.8 Å². The number of rotatable bonds is 2. The first-order valence-electron chi connectivity index (χ1n) is 3.39. The predicted molar refractivity (Wildman–Crippen MR) is 47.2 cm³/mol. The summed E-state index contributed by atoms with van der Waals surface area (Å²) in [6.07, 6.45) is 0.696. The zero-order chi connectivity index (χ0) is 10.3. The second-order valence-electron chi connectivity index (χ2n) is 2.05. The minimum absolute atomic E-state index is 0.0399. The first-order chi connectivity index (χ1) is 6.27. The minimum atomic E-state index is 0.0399. The third-order valence-corrected chi connectivity index (χ3v) is 1.34. The summed E-state index contributed by atoms with van der Waals surface area (Å²) in [5.74, 6) is 0.354. The number of carbonyl (C=O) groups is 2. The Morgan fingerprint density at radius 2 is 2.08 bits per heavy atom. The summed E-state index contributed by atoms with van der Waals surface area (Å²) >= 11 is 0. The molecule has 0 bridgehead atoms. The van der Waals surface area contributed by atoms with Crippen LogP contribution < -0.4 is 4.74 Å². The van der Waals surface area contributed by atoms with Gasteiger partial charge in [0.15, 0.2) is 11.5 Å². The highest BCUT2D eigenvalue weighted by molar-refractivity contribution is 5.76. The SMILES string of the molecule is C=O.COc1cc(C=O)ccc1O. The molecular weight excluding hydrogens is 172 g/mol. The van der Waals surface area contributed by atoms with Crippen LogP contribution >= 0.6 is 0 Å². The summed E-state index contributed by atoms with van der Waals surface area (Å²) in [6.45, 7) is 2.00. The topological polar surface area (TPSA) is 63.6 Å². The molecule has 1 N–H and O–H groups in total. The molecule has 0 aliphatic carbocycles. The van der Waals surface area contributed by atoms with E-state index in [1.54, 1.807) is 0 Å². The van der Waals surface area contributed by atoms with Crippen LogP contribution in [0.4, 0.5) is 0 Å². The van der Waals surface area contributed by atoms with Gasteiger partial charge in [-0.15, -0.1) is 0 Å². The van der Waals surface area contributed by atoms with Crippen molar-refractivity contribution in [2.24, 2.45) is 0 Å². The lowest BCUT2D eigenvalue weighted by molar-refractivity contribution is -0.0979. The van der Waals surface area contributed by atoms with Gasteiger partial charge in [0.25, 0.3) is 0 Å². The van der Waals surface area contributed by atoms with Crippen molar-refractivity contribution in [2.45, 2.75) is 0 Å². The summed E-state index contributed by atoms with van der Waals surface area (Å²) in [5.41, 5.74) is 0.486. The molecule has 13 heavy (non-hydrogen) atoms. The van der Waals surface area contributed by atoms with Gasteiger partial charge in [-0.2, -0.15) is 0 Å². The Morgan fingerprint density at radius 1 is 1.46 bits per heavy atom. The summed E-state index contributed by atoms with van der Waals surface area (Å²) in [7, 11) is 1.43. The van der Waals surface area contributed by atoms with E-state index in [0.29, 0.717) is 17.6 Å². The van der Waals surface area contributed by atoms with Gasteiger partial charge in [-0.1, -0.05) is 0 Å². The van der Waals surface area contributed by atoms with E-state index in [1.165, 1.54) is 25.3 Å². The quantitative estimate of drug-likeness (QED) is 0.694. The fraction of sp³-hybridized carbons (Fsp3) is 0.111. The molecule has 0 amide bonds. The molecule has 0 aromatic heterocycles. The molecule has 0 fully saturated rings. The molecule has 4 heteroatoms. The number of hydrogen-bond donors (Lipinski definition) is 1. The average Bonchev–Trinajstić information content (AvgIpc) is 2.22. The zero-order valence-electron chi connectivity index (χ0n) is 7.19. The van der Waals surface area contributed by atoms with E-state index < -0.39 is 0 Å². The van der Waals surface area contributed by atoms with Gasteiger partial charge < -0.3 is 14.6 Å². The maximum Gasteiger partial charge on any atom is 0.161 e. The van der Waals surface area contributed by atoms with Gasteiger partial charge in [-0.25, -0.2) is 0 Å². The number of hydrogen-bond acceptors (Lipinski definition) is 4. The molecule has 0 aliphatic heterocycles. The van der Waals surface area contributed by atoms with E-state index in [9.17, 15) is 4.79 Å². The van der Waals surface area contributed by atoms with Crippen LogP contribution in [0.3, 0.4) is 0 Å². The van der Waals surface area contributed by atoms with Crippen molar-refractivity contribution >= 4 is 13.1 Å². The summed E-state index contributed by atoms with van der Waals surface area (Å²) in [6, 6.07) is 4.41. The molecule has 0 radical (unpaired) electrons. The standard InChI is InChI=1S/C8H8O3.CH2O/c1-11-8-4-6(5-9)2-3-7(8)10;1-2/h2-5,10H,1H3;1H2. The Morgan fingerprint density at radius 3 is 2.54 bits per heavy atom. The maximum absolute atomic E-state index is 10.2. The number of ether oxygens (including phenoxy) is 1. The number of aromatic hydroxyl groups is 1. The van der Waals surface area contributed by atoms with E-state index in [4.69, 9.17) is 14.6 Å². The first kappa shape index (κ1) is 11.2. The van der Waals surface area contributed by atoms with Crippen LogP contribution in [-0.2, 0) is 4.79 Å². The van der Waals surface area contributed by atoms with Crippen molar-refractivity contribution in [2.75, 3.05) is 7.11 Å². The molecule has 0 saturated carbocycles. The van der Waals surface area contributed by atoms with Crippen LogP contribution in [0.5, 0.6) is 11.5 Å². The fourth-order valence-corrected chi connectivity index (χ4v) is 0.768. The molecule has 1 rings (SSSR count). The van der Waals surface area contributed by atoms with Crippen molar-refractivity contribution in [1.29, 1.82) is 0 Å². The zero-order valence-corrected chi connectivity index (χ0v) is 7.19. The summed E-state index contributed by atoms with van der Waals surface area (Å²) in [5, 5.41) is 9.09. The molecule has 1 aromatic carbocycles. The molecule has 0 unspecified atom stereocenters. The van der Waals surface area contributed by atoms with Gasteiger partial charge in [0.1, 0.15) is 13.1 Å². The van der Waals surface area contributed by atoms with Gasteiger partial charge in [0.2, 0.25) is 0 Å². The molecule has 0 saturated heterocycles. The third-order valence-electron chi connectivity index (χ3n) is 1.34. The van der Waals surface area contributed by atoms with E-state index in [2.05, 4.69) is 0 Å². The van der Waals surface area contributed by atoms with Gasteiger partial charge in [-0.05, 0) is 18.2 Å². The number of phenolic OH excluding ortho intramolecular Hbond substituents is 1. The molecular formula is C9H10O4. The number of phenols is 1. The number of aldehydes is 1. The van der Waals surface area contributed by atoms with E-state index >= 15 is 0 Å². The highest BCUT2D eigenvalue weighted by Crippen LogP contribution is 2.25. The van der Waals surface area contributed by atoms with Gasteiger partial charge in [0.05, 0.1) is 7.11 Å². The highest BCUT2D eigenvalue weighted by Gasteiger charge is 2.00. The van der Waals surface area contributed by atoms with Crippen molar-refractivity contribution in [3.8, 4) is 11.5 Å². The molecule has 4 nitrogen and oxygen atoms in total. The largest absolute Gasteiger partial charge is 0.504 e. The fourth-order valence-electron chi connectivity index (χ4n) is 0.768. The van der Waals surface area contributed by atoms with Crippen LogP contribution in [0.2, 0.25) is 0 Å². The van der Waals surface area contributed by atoms with Crippen LogP contribution in [0.25, 0.3) is 0 Å². The van der Waals surface area contributed by atoms with E-state index in [-0.39, 0.29) is 5.75 Å². The lowest BCUT2D eigenvalue weighted by Crippen LogP contribution is -1.85. The Bertz CT molecular complexity index is 283. The average molecular weight is 182 g/mol. The molecule has 0 spiro atoms. The van der Waals surface area contributed by atoms with Crippen molar-refractivity contribution in [3.05, 3.63) is 23.8 Å². The highest BCUT2D eigenvalue weighted by atomic mass is 16.5. The van der Waals surface area contributed by atoms with Crippen molar-refractivity contribution < 1.29 is 19.4 Å². The Balaban J connectivity index is 0.000000671. The Hall–Kier alpha value is -1.84. The van der Waals surface area contributed by atoms with Crippen LogP contribution in [0, 0.1) is 0 Å². The normalized spacial score (nSPS) is 8.08. The number of carbonyl (C=O) groups excluding carboxylic acids is 2. The molecule has 0 atom stereocenters. The molecule has 70 valence electrons. The molecule has 1 aromatic rings. The predicted octanol–water partition coefficient (Wildman–Crippen LogP) is 1.03.